The number of H-pyrrole nitrogens is 1. The van der Waals surface area contributed by atoms with E-state index in [1.807, 2.05) is 36.7 Å². The van der Waals surface area contributed by atoms with Crippen LogP contribution in [0.2, 0.25) is 0 Å². The van der Waals surface area contributed by atoms with Gasteiger partial charge in [0.2, 0.25) is 5.95 Å². The van der Waals surface area contributed by atoms with Crippen LogP contribution in [0.25, 0.3) is 11.0 Å². The molecule has 0 fully saturated rings. The average molecular weight is 163 g/mol. The molecule has 0 radical (unpaired) electrons. The number of imidazole rings is 1. The summed E-state index contributed by atoms with van der Waals surface area (Å²) in [5.74, 6) is 0.790. The second kappa shape index (κ2) is 2.83. The molecule has 1 aromatic heterocycles. The van der Waals surface area contributed by atoms with Crippen LogP contribution < -0.4 is 10.9 Å². The normalized spacial score (nSPS) is 10.4. The molecule has 0 atom stereocenters. The molecule has 0 unspecified atom stereocenters. The third-order valence-electron chi connectivity index (χ3n) is 1.67. The molecule has 4 heteroatoms. The zero-order chi connectivity index (χ0) is 8.39. The number of quaternary nitrogens is 1. The fourth-order valence-corrected chi connectivity index (χ4v) is 1.16. The molecule has 0 saturated carbocycles. The predicted octanol–water partition coefficient (Wildman–Crippen LogP) is 0.0830. The second-order valence-electron chi connectivity index (χ2n) is 2.54. The Labute approximate surface area is 70.0 Å². The number of nitrogen functional groups attached to an aromatic ring is 1. The Bertz CT molecular complexity index is 346. The van der Waals surface area contributed by atoms with Gasteiger partial charge >= 0.3 is 0 Å². The molecule has 1 aromatic carbocycles. The van der Waals surface area contributed by atoms with Crippen LogP contribution in [-0.2, 0) is 0 Å². The van der Waals surface area contributed by atoms with E-state index in [4.69, 9.17) is 0 Å². The highest BCUT2D eigenvalue weighted by molar-refractivity contribution is 5.76. The lowest BCUT2D eigenvalue weighted by Crippen LogP contribution is -2.84. The van der Waals surface area contributed by atoms with Crippen LogP contribution >= 0.6 is 0 Å². The molecule has 1 heterocycles. The van der Waals surface area contributed by atoms with Gasteiger partial charge in [-0.15, -0.1) is 0 Å². The third kappa shape index (κ3) is 1.12. The van der Waals surface area contributed by atoms with Gasteiger partial charge in [-0.2, -0.15) is 0 Å². The Morgan fingerprint density at radius 3 is 3.00 bits per heavy atom. The Balaban J connectivity index is 2.47. The number of hydrogen-bond donors (Lipinski definition) is 3. The number of nitrogens with two attached hydrogens (primary N) is 1. The molecular formula is C8H11N4+. The predicted molar refractivity (Wildman–Crippen MR) is 47.6 cm³/mol. The smallest absolute Gasteiger partial charge is 0.247 e. The number of nitrogens with one attached hydrogen (secondary N) is 2. The Morgan fingerprint density at radius 1 is 1.42 bits per heavy atom. The Hall–Kier alpha value is -1.55. The fourth-order valence-electron chi connectivity index (χ4n) is 1.16. The Kier molecular flexibility index (Phi) is 1.68. The standard InChI is InChI=1S/C8H10N4/c1-9-12-8-10-6-4-2-3-5-7(6)11-8/h2-5,9H,1H3,(H2,10,11,12)/p+1. The average Bonchev–Trinajstić information content (AvgIpc) is 2.47. The first-order valence-electron chi connectivity index (χ1n) is 3.89. The number of hydrogen-bond acceptors (Lipinski definition) is 2. The van der Waals surface area contributed by atoms with Gasteiger partial charge in [0.25, 0.3) is 0 Å². The lowest BCUT2D eigenvalue weighted by atomic mass is 10.3. The van der Waals surface area contributed by atoms with Crippen LogP contribution in [0.5, 0.6) is 0 Å². The van der Waals surface area contributed by atoms with Crippen molar-refractivity contribution >= 4 is 17.0 Å². The molecule has 4 N–H and O–H groups in total. The maximum absolute atomic E-state index is 4.30. The van der Waals surface area contributed by atoms with Gasteiger partial charge in [-0.25, -0.2) is 15.8 Å². The molecule has 0 aliphatic rings. The quantitative estimate of drug-likeness (QED) is 0.434. The van der Waals surface area contributed by atoms with Gasteiger partial charge in [-0.1, -0.05) is 12.1 Å². The molecule has 0 aliphatic heterocycles. The lowest BCUT2D eigenvalue weighted by molar-refractivity contribution is -0.596. The van der Waals surface area contributed by atoms with Gasteiger partial charge in [0.1, 0.15) is 0 Å². The van der Waals surface area contributed by atoms with Crippen molar-refractivity contribution in [1.29, 1.82) is 0 Å². The first-order chi connectivity index (χ1) is 5.90. The zero-order valence-corrected chi connectivity index (χ0v) is 6.83. The zero-order valence-electron chi connectivity index (χ0n) is 6.83. The first kappa shape index (κ1) is 7.12. The van der Waals surface area contributed by atoms with E-state index in [2.05, 4.69) is 15.4 Å². The van der Waals surface area contributed by atoms with Crippen molar-refractivity contribution in [2.45, 2.75) is 0 Å². The van der Waals surface area contributed by atoms with Gasteiger partial charge in [-0.3, -0.25) is 0 Å². The molecule has 4 nitrogen and oxygen atoms in total. The van der Waals surface area contributed by atoms with Crippen molar-refractivity contribution in [1.82, 2.24) is 9.97 Å². The molecular weight excluding hydrogens is 152 g/mol. The third-order valence-corrected chi connectivity index (χ3v) is 1.67. The van der Waals surface area contributed by atoms with E-state index < -0.39 is 0 Å². The largest absolute Gasteiger partial charge is 0.320 e. The van der Waals surface area contributed by atoms with Gasteiger partial charge in [0.15, 0.2) is 0 Å². The van der Waals surface area contributed by atoms with Crippen LogP contribution in [0.4, 0.5) is 5.95 Å². The Morgan fingerprint density at radius 2 is 2.25 bits per heavy atom. The number of aromatic nitrogens is 2. The summed E-state index contributed by atoms with van der Waals surface area (Å²) in [5, 5.41) is 0. The summed E-state index contributed by atoms with van der Waals surface area (Å²) in [6, 6.07) is 7.94. The molecule has 12 heavy (non-hydrogen) atoms. The molecule has 0 aliphatic carbocycles. The summed E-state index contributed by atoms with van der Waals surface area (Å²) >= 11 is 0. The SMILES string of the molecule is C[NH2+]Nc1nc2ccccc2[nH]1. The van der Waals surface area contributed by atoms with Crippen molar-refractivity contribution in [3.8, 4) is 0 Å². The highest BCUT2D eigenvalue weighted by Crippen LogP contribution is 2.11. The number of anilines is 1. The molecule has 62 valence electrons. The summed E-state index contributed by atoms with van der Waals surface area (Å²) in [6.45, 7) is 0. The summed E-state index contributed by atoms with van der Waals surface area (Å²) in [7, 11) is 1.92. The van der Waals surface area contributed by atoms with Crippen LogP contribution in [0.3, 0.4) is 0 Å². The van der Waals surface area contributed by atoms with Gasteiger partial charge < -0.3 is 4.98 Å². The summed E-state index contributed by atoms with van der Waals surface area (Å²) in [4.78, 5) is 7.45. The highest BCUT2D eigenvalue weighted by Gasteiger charge is 1.99. The minimum absolute atomic E-state index is 0.790. The maximum Gasteiger partial charge on any atom is 0.247 e. The molecule has 0 bridgehead atoms. The monoisotopic (exact) mass is 163 g/mol. The molecule has 2 rings (SSSR count). The van der Waals surface area contributed by atoms with Crippen molar-refractivity contribution in [3.63, 3.8) is 0 Å². The number of fused-ring (bicyclic) bond motifs is 1. The minimum Gasteiger partial charge on any atom is -0.320 e. The topological polar surface area (TPSA) is 57.3 Å². The van der Waals surface area contributed by atoms with Crippen molar-refractivity contribution < 1.29 is 5.43 Å². The first-order valence-corrected chi connectivity index (χ1v) is 3.89. The van der Waals surface area contributed by atoms with Gasteiger partial charge in [0, 0.05) is 0 Å². The summed E-state index contributed by atoms with van der Waals surface area (Å²) < 4.78 is 0. The molecule has 2 aromatic rings. The number of benzene rings is 1. The van der Waals surface area contributed by atoms with Gasteiger partial charge in [-0.05, 0) is 12.1 Å². The van der Waals surface area contributed by atoms with Crippen LogP contribution in [0, 0.1) is 0 Å². The van der Waals surface area contributed by atoms with Crippen LogP contribution in [-0.4, -0.2) is 17.0 Å². The van der Waals surface area contributed by atoms with E-state index in [0.29, 0.717) is 0 Å². The van der Waals surface area contributed by atoms with Crippen LogP contribution in [0.15, 0.2) is 24.3 Å². The second-order valence-corrected chi connectivity index (χ2v) is 2.54. The van der Waals surface area contributed by atoms with Gasteiger partial charge in [0.05, 0.1) is 18.1 Å². The van der Waals surface area contributed by atoms with E-state index in [1.54, 1.807) is 0 Å². The molecule has 0 spiro atoms. The number of rotatable bonds is 2. The van der Waals surface area contributed by atoms with Crippen molar-refractivity contribution in [2.75, 3.05) is 12.5 Å². The lowest BCUT2D eigenvalue weighted by Gasteiger charge is -1.91. The van der Waals surface area contributed by atoms with E-state index >= 15 is 0 Å². The number of nitrogens with zero attached hydrogens (tertiary/aromatic N) is 1. The molecule has 0 amide bonds. The van der Waals surface area contributed by atoms with E-state index in [-0.39, 0.29) is 0 Å². The van der Waals surface area contributed by atoms with E-state index in [9.17, 15) is 0 Å². The number of para-hydroxylation sites is 2. The van der Waals surface area contributed by atoms with Crippen molar-refractivity contribution in [2.24, 2.45) is 0 Å². The maximum atomic E-state index is 4.30. The van der Waals surface area contributed by atoms with E-state index in [1.165, 1.54) is 0 Å². The number of aromatic amines is 1. The summed E-state index contributed by atoms with van der Waals surface area (Å²) in [6.07, 6.45) is 0. The fraction of sp³-hybridized carbons (Fsp3) is 0.125. The minimum atomic E-state index is 0.790. The molecule has 0 saturated heterocycles. The highest BCUT2D eigenvalue weighted by atomic mass is 15.4. The van der Waals surface area contributed by atoms with Crippen molar-refractivity contribution in [3.05, 3.63) is 24.3 Å². The summed E-state index contributed by atoms with van der Waals surface area (Å²) in [5.41, 5.74) is 6.90. The van der Waals surface area contributed by atoms with Crippen LogP contribution in [0.1, 0.15) is 0 Å². The van der Waals surface area contributed by atoms with E-state index in [0.717, 1.165) is 17.0 Å².